The molecule has 0 fully saturated rings. The first-order chi connectivity index (χ1) is 9.60. The van der Waals surface area contributed by atoms with Crippen LogP contribution in [0.2, 0.25) is 0 Å². The third-order valence-electron chi connectivity index (χ3n) is 3.09. The highest BCUT2D eigenvalue weighted by Crippen LogP contribution is 2.06. The van der Waals surface area contributed by atoms with Crippen molar-refractivity contribution >= 4 is 11.9 Å². The Morgan fingerprint density at radius 3 is 2.00 bits per heavy atom. The molecule has 118 valence electrons. The molecule has 0 aliphatic carbocycles. The zero-order chi connectivity index (χ0) is 15.2. The Kier molecular flexibility index (Phi) is 12.3. The number of carbonyl (C=O) groups excluding carboxylic acids is 2. The van der Waals surface area contributed by atoms with E-state index in [1.165, 1.54) is 0 Å². The predicted molar refractivity (Wildman–Crippen MR) is 79.4 cm³/mol. The summed E-state index contributed by atoms with van der Waals surface area (Å²) >= 11 is 0. The summed E-state index contributed by atoms with van der Waals surface area (Å²) in [5, 5.41) is 0. The van der Waals surface area contributed by atoms with Crippen molar-refractivity contribution in [2.24, 2.45) is 0 Å². The van der Waals surface area contributed by atoms with Crippen LogP contribution in [-0.2, 0) is 19.1 Å². The lowest BCUT2D eigenvalue weighted by Gasteiger charge is -2.13. The van der Waals surface area contributed by atoms with Crippen LogP contribution in [0.4, 0.5) is 0 Å². The fraction of sp³-hybridized carbons (Fsp3) is 0.875. The van der Waals surface area contributed by atoms with Crippen LogP contribution < -0.4 is 0 Å². The van der Waals surface area contributed by atoms with E-state index in [-0.39, 0.29) is 18.0 Å². The van der Waals surface area contributed by atoms with Gasteiger partial charge in [-0.05, 0) is 19.8 Å². The fourth-order valence-corrected chi connectivity index (χ4v) is 1.79. The molecule has 0 N–H and O–H groups in total. The lowest BCUT2D eigenvalue weighted by atomic mass is 10.2. The van der Waals surface area contributed by atoms with Crippen LogP contribution in [0.3, 0.4) is 0 Å². The summed E-state index contributed by atoms with van der Waals surface area (Å²) in [4.78, 5) is 22.8. The van der Waals surface area contributed by atoms with Crippen LogP contribution >= 0.6 is 0 Å². The summed E-state index contributed by atoms with van der Waals surface area (Å²) in [5.74, 6) is -0.305. The average Bonchev–Trinajstić information content (AvgIpc) is 2.39. The maximum absolute atomic E-state index is 11.5. The van der Waals surface area contributed by atoms with E-state index in [1.54, 1.807) is 0 Å². The second-order valence-corrected chi connectivity index (χ2v) is 5.22. The number of unbranched alkanes of at least 4 members (excludes halogenated alkanes) is 4. The molecule has 0 unspecified atom stereocenters. The molecule has 0 aromatic heterocycles. The van der Waals surface area contributed by atoms with Crippen LogP contribution in [0, 0.1) is 0 Å². The normalized spacial score (nSPS) is 11.9. The molecule has 4 nitrogen and oxygen atoms in total. The highest BCUT2D eigenvalue weighted by Gasteiger charge is 2.10. The number of ether oxygens (including phenoxy) is 2. The van der Waals surface area contributed by atoms with Crippen LogP contribution in [0.15, 0.2) is 0 Å². The lowest BCUT2D eigenvalue weighted by molar-refractivity contribution is -0.150. The van der Waals surface area contributed by atoms with E-state index in [4.69, 9.17) is 9.47 Å². The Hall–Kier alpha value is -1.06. The van der Waals surface area contributed by atoms with Crippen molar-refractivity contribution in [1.29, 1.82) is 0 Å². The first-order valence-corrected chi connectivity index (χ1v) is 7.95. The first-order valence-electron chi connectivity index (χ1n) is 7.95. The van der Waals surface area contributed by atoms with Gasteiger partial charge in [0.15, 0.2) is 0 Å². The Bertz CT molecular complexity index is 263. The number of esters is 2. The van der Waals surface area contributed by atoms with Crippen molar-refractivity contribution in [2.45, 2.75) is 84.7 Å². The summed E-state index contributed by atoms with van der Waals surface area (Å²) < 4.78 is 10.4. The maximum Gasteiger partial charge on any atom is 0.306 e. The molecule has 0 spiro atoms. The highest BCUT2D eigenvalue weighted by molar-refractivity contribution is 5.69. The number of hydrogen-bond donors (Lipinski definition) is 0. The Labute approximate surface area is 123 Å². The largest absolute Gasteiger partial charge is 0.466 e. The van der Waals surface area contributed by atoms with Gasteiger partial charge in [-0.25, -0.2) is 0 Å². The maximum atomic E-state index is 11.5. The molecule has 0 saturated heterocycles. The molecule has 0 rings (SSSR count). The smallest absolute Gasteiger partial charge is 0.306 e. The van der Waals surface area contributed by atoms with Gasteiger partial charge in [-0.15, -0.1) is 0 Å². The minimum Gasteiger partial charge on any atom is -0.466 e. The summed E-state index contributed by atoms with van der Waals surface area (Å²) in [6.07, 6.45) is 7.42. The van der Waals surface area contributed by atoms with Gasteiger partial charge in [0.1, 0.15) is 6.10 Å². The van der Waals surface area contributed by atoms with Gasteiger partial charge in [0.05, 0.1) is 6.61 Å². The standard InChI is InChI=1S/C16H30O4/c1-4-6-8-10-15(17)19-13-12-14(3)20-16(18)11-9-7-5-2/h14H,4-13H2,1-3H3/t14-/m0/s1. The SMILES string of the molecule is CCCCCC(=O)OCC[C@H](C)OC(=O)CCCCC. The summed E-state index contributed by atoms with van der Waals surface area (Å²) in [5.41, 5.74) is 0. The number of hydrogen-bond acceptors (Lipinski definition) is 4. The molecular weight excluding hydrogens is 256 g/mol. The van der Waals surface area contributed by atoms with Crippen LogP contribution in [-0.4, -0.2) is 24.6 Å². The van der Waals surface area contributed by atoms with E-state index in [0.717, 1.165) is 38.5 Å². The van der Waals surface area contributed by atoms with E-state index in [2.05, 4.69) is 13.8 Å². The van der Waals surface area contributed by atoms with Crippen molar-refractivity contribution in [3.63, 3.8) is 0 Å². The molecule has 1 atom stereocenters. The van der Waals surface area contributed by atoms with Gasteiger partial charge in [-0.2, -0.15) is 0 Å². The van der Waals surface area contributed by atoms with Crippen LogP contribution in [0.1, 0.15) is 78.6 Å². The molecule has 0 radical (unpaired) electrons. The second-order valence-electron chi connectivity index (χ2n) is 5.22. The molecule has 0 saturated carbocycles. The zero-order valence-electron chi connectivity index (χ0n) is 13.3. The average molecular weight is 286 g/mol. The van der Waals surface area contributed by atoms with Crippen molar-refractivity contribution in [3.8, 4) is 0 Å². The summed E-state index contributed by atoms with van der Waals surface area (Å²) in [6.45, 7) is 6.36. The van der Waals surface area contributed by atoms with Gasteiger partial charge in [0.25, 0.3) is 0 Å². The Balaban J connectivity index is 3.54. The number of carbonyl (C=O) groups is 2. The highest BCUT2D eigenvalue weighted by atomic mass is 16.6. The van der Waals surface area contributed by atoms with Gasteiger partial charge in [0, 0.05) is 19.3 Å². The molecule has 0 aromatic carbocycles. The van der Waals surface area contributed by atoms with Gasteiger partial charge in [-0.1, -0.05) is 39.5 Å². The van der Waals surface area contributed by atoms with Crippen molar-refractivity contribution in [2.75, 3.05) is 6.61 Å². The zero-order valence-corrected chi connectivity index (χ0v) is 13.3. The molecule has 0 amide bonds. The second kappa shape index (κ2) is 12.9. The third-order valence-corrected chi connectivity index (χ3v) is 3.09. The molecule has 20 heavy (non-hydrogen) atoms. The van der Waals surface area contributed by atoms with Gasteiger partial charge < -0.3 is 9.47 Å². The monoisotopic (exact) mass is 286 g/mol. The van der Waals surface area contributed by atoms with E-state index in [9.17, 15) is 9.59 Å². The summed E-state index contributed by atoms with van der Waals surface area (Å²) in [7, 11) is 0. The van der Waals surface area contributed by atoms with E-state index >= 15 is 0 Å². The quantitative estimate of drug-likeness (QED) is 0.402. The fourth-order valence-electron chi connectivity index (χ4n) is 1.79. The van der Waals surface area contributed by atoms with Crippen molar-refractivity contribution < 1.29 is 19.1 Å². The molecular formula is C16H30O4. The van der Waals surface area contributed by atoms with Gasteiger partial charge in [-0.3, -0.25) is 9.59 Å². The number of rotatable bonds is 12. The third kappa shape index (κ3) is 12.0. The van der Waals surface area contributed by atoms with Crippen molar-refractivity contribution in [1.82, 2.24) is 0 Å². The van der Waals surface area contributed by atoms with Gasteiger partial charge >= 0.3 is 11.9 Å². The lowest BCUT2D eigenvalue weighted by Crippen LogP contribution is -2.18. The van der Waals surface area contributed by atoms with Crippen LogP contribution in [0.5, 0.6) is 0 Å². The Morgan fingerprint density at radius 1 is 0.900 bits per heavy atom. The minimum atomic E-state index is -0.187. The van der Waals surface area contributed by atoms with Gasteiger partial charge in [0.2, 0.25) is 0 Å². The Morgan fingerprint density at radius 2 is 1.45 bits per heavy atom. The van der Waals surface area contributed by atoms with E-state index in [0.29, 0.717) is 25.9 Å². The van der Waals surface area contributed by atoms with E-state index in [1.807, 2.05) is 6.92 Å². The minimum absolute atomic E-state index is 0.153. The summed E-state index contributed by atoms with van der Waals surface area (Å²) in [6, 6.07) is 0. The topological polar surface area (TPSA) is 52.6 Å². The molecule has 4 heteroatoms. The van der Waals surface area contributed by atoms with Crippen molar-refractivity contribution in [3.05, 3.63) is 0 Å². The molecule has 0 aliphatic heterocycles. The molecule has 0 heterocycles. The first kappa shape index (κ1) is 18.9. The molecule has 0 aromatic rings. The predicted octanol–water partition coefficient (Wildman–Crippen LogP) is 4.01. The van der Waals surface area contributed by atoms with Crippen LogP contribution in [0.25, 0.3) is 0 Å². The van der Waals surface area contributed by atoms with E-state index < -0.39 is 0 Å². The molecule has 0 aliphatic rings. The molecule has 0 bridgehead atoms.